The standard InChI is InChI=1S/C18H27N3O2/c1-13-9-20(10-14(2)23-13)11-15-3-5-16(6-4-15)18(22)21-8-7-17(19)12-21/h3-6,13-14,17H,7-12,19H2,1-2H3/t13-,14+,17-/m1/s1. The molecule has 2 aliphatic rings. The first-order valence-corrected chi connectivity index (χ1v) is 8.53. The Balaban J connectivity index is 1.59. The van der Waals surface area contributed by atoms with E-state index in [4.69, 9.17) is 10.5 Å². The van der Waals surface area contributed by atoms with Gasteiger partial charge in [-0.2, -0.15) is 0 Å². The third kappa shape index (κ3) is 4.10. The molecule has 0 saturated carbocycles. The van der Waals surface area contributed by atoms with Crippen LogP contribution in [-0.4, -0.2) is 60.1 Å². The molecule has 0 bridgehead atoms. The molecule has 2 saturated heterocycles. The molecule has 3 rings (SSSR count). The van der Waals surface area contributed by atoms with E-state index in [-0.39, 0.29) is 24.2 Å². The third-order valence-electron chi connectivity index (χ3n) is 4.61. The van der Waals surface area contributed by atoms with Crippen LogP contribution in [0.2, 0.25) is 0 Å². The van der Waals surface area contributed by atoms with Crippen molar-refractivity contribution in [1.29, 1.82) is 0 Å². The maximum atomic E-state index is 12.4. The molecule has 2 heterocycles. The van der Waals surface area contributed by atoms with Crippen LogP contribution in [-0.2, 0) is 11.3 Å². The zero-order chi connectivity index (χ0) is 16.4. The lowest BCUT2D eigenvalue weighted by molar-refractivity contribution is -0.0704. The molecule has 2 aliphatic heterocycles. The Kier molecular flexibility index (Phi) is 4.99. The highest BCUT2D eigenvalue weighted by molar-refractivity contribution is 5.94. The minimum atomic E-state index is 0.0955. The van der Waals surface area contributed by atoms with Gasteiger partial charge in [-0.05, 0) is 38.0 Å². The van der Waals surface area contributed by atoms with Crippen LogP contribution in [0.3, 0.4) is 0 Å². The first-order valence-electron chi connectivity index (χ1n) is 8.53. The summed E-state index contributed by atoms with van der Waals surface area (Å²) in [4.78, 5) is 16.7. The lowest BCUT2D eigenvalue weighted by Gasteiger charge is -2.35. The monoisotopic (exact) mass is 317 g/mol. The minimum absolute atomic E-state index is 0.0955. The lowest BCUT2D eigenvalue weighted by Crippen LogP contribution is -2.44. The molecule has 0 radical (unpaired) electrons. The summed E-state index contributed by atoms with van der Waals surface area (Å²) in [6, 6.07) is 8.13. The molecule has 5 heteroatoms. The molecule has 126 valence electrons. The molecule has 0 spiro atoms. The fourth-order valence-electron chi connectivity index (χ4n) is 3.58. The van der Waals surface area contributed by atoms with Crippen molar-refractivity contribution < 1.29 is 9.53 Å². The maximum Gasteiger partial charge on any atom is 0.253 e. The number of rotatable bonds is 3. The number of amides is 1. The van der Waals surface area contributed by atoms with E-state index in [1.54, 1.807) is 0 Å². The van der Waals surface area contributed by atoms with E-state index in [1.807, 2.05) is 17.0 Å². The fraction of sp³-hybridized carbons (Fsp3) is 0.611. The quantitative estimate of drug-likeness (QED) is 0.917. The van der Waals surface area contributed by atoms with E-state index in [1.165, 1.54) is 5.56 Å². The highest BCUT2D eigenvalue weighted by Gasteiger charge is 2.25. The second-order valence-corrected chi connectivity index (χ2v) is 6.95. The van der Waals surface area contributed by atoms with Crippen LogP contribution in [0.4, 0.5) is 0 Å². The second-order valence-electron chi connectivity index (χ2n) is 6.95. The van der Waals surface area contributed by atoms with E-state index in [0.29, 0.717) is 6.54 Å². The maximum absolute atomic E-state index is 12.4. The van der Waals surface area contributed by atoms with Crippen LogP contribution in [0.25, 0.3) is 0 Å². The van der Waals surface area contributed by atoms with Gasteiger partial charge >= 0.3 is 0 Å². The number of nitrogens with zero attached hydrogens (tertiary/aromatic N) is 2. The van der Waals surface area contributed by atoms with Gasteiger partial charge in [0, 0.05) is 44.3 Å². The smallest absolute Gasteiger partial charge is 0.253 e. The van der Waals surface area contributed by atoms with Gasteiger partial charge in [-0.1, -0.05) is 12.1 Å². The van der Waals surface area contributed by atoms with E-state index in [9.17, 15) is 4.79 Å². The highest BCUT2D eigenvalue weighted by atomic mass is 16.5. The molecule has 2 N–H and O–H groups in total. The number of benzene rings is 1. The van der Waals surface area contributed by atoms with Crippen molar-refractivity contribution in [1.82, 2.24) is 9.80 Å². The molecule has 1 amide bonds. The molecule has 0 aliphatic carbocycles. The summed E-state index contributed by atoms with van der Waals surface area (Å²) in [7, 11) is 0. The molecule has 2 fully saturated rings. The van der Waals surface area contributed by atoms with Crippen molar-refractivity contribution in [3.8, 4) is 0 Å². The molecule has 5 nitrogen and oxygen atoms in total. The van der Waals surface area contributed by atoms with E-state index in [0.717, 1.165) is 38.2 Å². The second kappa shape index (κ2) is 6.99. The predicted octanol–water partition coefficient (Wildman–Crippen LogP) is 1.47. The van der Waals surface area contributed by atoms with Crippen molar-refractivity contribution in [3.05, 3.63) is 35.4 Å². The van der Waals surface area contributed by atoms with Gasteiger partial charge < -0.3 is 15.4 Å². The first kappa shape index (κ1) is 16.4. The molecule has 0 aromatic heterocycles. The third-order valence-corrected chi connectivity index (χ3v) is 4.61. The number of nitrogens with two attached hydrogens (primary N) is 1. The number of hydrogen-bond donors (Lipinski definition) is 1. The van der Waals surface area contributed by atoms with Crippen LogP contribution in [0.5, 0.6) is 0 Å². The van der Waals surface area contributed by atoms with Gasteiger partial charge in [0.2, 0.25) is 0 Å². The Bertz CT molecular complexity index is 536. The van der Waals surface area contributed by atoms with E-state index >= 15 is 0 Å². The van der Waals surface area contributed by atoms with Gasteiger partial charge in [-0.3, -0.25) is 9.69 Å². The van der Waals surface area contributed by atoms with Gasteiger partial charge in [0.1, 0.15) is 0 Å². The molecule has 3 atom stereocenters. The average molecular weight is 317 g/mol. The van der Waals surface area contributed by atoms with Crippen LogP contribution in [0, 0.1) is 0 Å². The van der Waals surface area contributed by atoms with Crippen molar-refractivity contribution >= 4 is 5.91 Å². The van der Waals surface area contributed by atoms with Crippen LogP contribution < -0.4 is 5.73 Å². The Morgan fingerprint density at radius 1 is 1.17 bits per heavy atom. The molecular weight excluding hydrogens is 290 g/mol. The zero-order valence-corrected chi connectivity index (χ0v) is 14.1. The Hall–Kier alpha value is -1.43. The highest BCUT2D eigenvalue weighted by Crippen LogP contribution is 2.16. The number of morpholine rings is 1. The number of hydrogen-bond acceptors (Lipinski definition) is 4. The van der Waals surface area contributed by atoms with Crippen molar-refractivity contribution in [2.75, 3.05) is 26.2 Å². The van der Waals surface area contributed by atoms with E-state index in [2.05, 4.69) is 30.9 Å². The Morgan fingerprint density at radius 2 is 1.83 bits per heavy atom. The molecule has 0 unspecified atom stereocenters. The van der Waals surface area contributed by atoms with Gasteiger partial charge in [-0.25, -0.2) is 0 Å². The SMILES string of the molecule is C[C@@H]1CN(Cc2ccc(C(=O)N3CC[C@@H](N)C3)cc2)C[C@H](C)O1. The molecule has 1 aromatic rings. The minimum Gasteiger partial charge on any atom is -0.373 e. The number of likely N-dealkylation sites (tertiary alicyclic amines) is 1. The van der Waals surface area contributed by atoms with Crippen molar-refractivity contribution in [2.24, 2.45) is 5.73 Å². The number of carbonyl (C=O) groups excluding carboxylic acids is 1. The van der Waals surface area contributed by atoms with Crippen molar-refractivity contribution in [3.63, 3.8) is 0 Å². The summed E-state index contributed by atoms with van der Waals surface area (Å²) in [5, 5.41) is 0. The molecular formula is C18H27N3O2. The summed E-state index contributed by atoms with van der Waals surface area (Å²) in [5.74, 6) is 0.0955. The number of ether oxygens (including phenoxy) is 1. The fourth-order valence-corrected chi connectivity index (χ4v) is 3.58. The summed E-state index contributed by atoms with van der Waals surface area (Å²) in [6.07, 6.45) is 1.45. The molecule has 23 heavy (non-hydrogen) atoms. The van der Waals surface area contributed by atoms with Gasteiger partial charge in [0.25, 0.3) is 5.91 Å². The normalized spacial score (nSPS) is 29.0. The van der Waals surface area contributed by atoms with Crippen LogP contribution in [0.15, 0.2) is 24.3 Å². The summed E-state index contributed by atoms with van der Waals surface area (Å²) in [5.41, 5.74) is 7.88. The van der Waals surface area contributed by atoms with Crippen LogP contribution in [0.1, 0.15) is 36.2 Å². The Labute approximate surface area is 138 Å². The van der Waals surface area contributed by atoms with Crippen molar-refractivity contribution in [2.45, 2.75) is 45.1 Å². The average Bonchev–Trinajstić information content (AvgIpc) is 2.93. The summed E-state index contributed by atoms with van der Waals surface area (Å²) in [6.45, 7) is 8.49. The van der Waals surface area contributed by atoms with E-state index < -0.39 is 0 Å². The van der Waals surface area contributed by atoms with Gasteiger partial charge in [-0.15, -0.1) is 0 Å². The first-order chi connectivity index (χ1) is 11.0. The lowest BCUT2D eigenvalue weighted by atomic mass is 10.1. The number of carbonyl (C=O) groups is 1. The van der Waals surface area contributed by atoms with Gasteiger partial charge in [0.05, 0.1) is 12.2 Å². The zero-order valence-electron chi connectivity index (χ0n) is 14.1. The largest absolute Gasteiger partial charge is 0.373 e. The summed E-state index contributed by atoms with van der Waals surface area (Å²) < 4.78 is 5.77. The van der Waals surface area contributed by atoms with Crippen LogP contribution >= 0.6 is 0 Å². The predicted molar refractivity (Wildman–Crippen MR) is 90.2 cm³/mol. The summed E-state index contributed by atoms with van der Waals surface area (Å²) >= 11 is 0. The Morgan fingerprint density at radius 3 is 2.39 bits per heavy atom. The topological polar surface area (TPSA) is 58.8 Å². The van der Waals surface area contributed by atoms with Gasteiger partial charge in [0.15, 0.2) is 0 Å². The molecule has 1 aromatic carbocycles.